The second kappa shape index (κ2) is 11.3. The third-order valence-electron chi connectivity index (χ3n) is 4.76. The number of amides is 3. The van der Waals surface area contributed by atoms with Crippen molar-refractivity contribution in [1.82, 2.24) is 10.6 Å². The van der Waals surface area contributed by atoms with Gasteiger partial charge in [0.25, 0.3) is 0 Å². The van der Waals surface area contributed by atoms with E-state index in [9.17, 15) is 9.59 Å². The van der Waals surface area contributed by atoms with E-state index < -0.39 is 0 Å². The Morgan fingerprint density at radius 2 is 1.64 bits per heavy atom. The van der Waals surface area contributed by atoms with Gasteiger partial charge in [-0.25, -0.2) is 4.79 Å². The molecule has 0 radical (unpaired) electrons. The molecule has 1 aliphatic carbocycles. The maximum atomic E-state index is 12.2. The number of benzene rings is 1. The second-order valence-electron chi connectivity index (χ2n) is 6.80. The van der Waals surface area contributed by atoms with Crippen LogP contribution in [0.15, 0.2) is 12.1 Å². The van der Waals surface area contributed by atoms with Crippen molar-refractivity contribution in [3.05, 3.63) is 12.1 Å². The zero-order valence-corrected chi connectivity index (χ0v) is 16.9. The van der Waals surface area contributed by atoms with Crippen LogP contribution in [-0.4, -0.2) is 45.9 Å². The molecule has 1 fully saturated rings. The SMILES string of the molecule is COc1cc(NC(=O)CCCNC(=O)NC2CCCCC2)cc(OC)c1OC. The maximum Gasteiger partial charge on any atom is 0.315 e. The number of ether oxygens (including phenoxy) is 3. The number of urea groups is 1. The van der Waals surface area contributed by atoms with Crippen molar-refractivity contribution in [2.45, 2.75) is 51.0 Å². The minimum atomic E-state index is -0.156. The van der Waals surface area contributed by atoms with Crippen molar-refractivity contribution in [1.29, 1.82) is 0 Å². The van der Waals surface area contributed by atoms with E-state index in [2.05, 4.69) is 16.0 Å². The number of rotatable bonds is 9. The molecule has 0 unspecified atom stereocenters. The Hall–Kier alpha value is -2.64. The lowest BCUT2D eigenvalue weighted by Crippen LogP contribution is -2.43. The van der Waals surface area contributed by atoms with E-state index in [1.807, 2.05) is 0 Å². The summed E-state index contributed by atoms with van der Waals surface area (Å²) in [5, 5.41) is 8.62. The summed E-state index contributed by atoms with van der Waals surface area (Å²) < 4.78 is 15.8. The van der Waals surface area contributed by atoms with Crippen LogP contribution in [-0.2, 0) is 4.79 Å². The Morgan fingerprint density at radius 3 is 2.21 bits per heavy atom. The summed E-state index contributed by atoms with van der Waals surface area (Å²) in [4.78, 5) is 24.1. The van der Waals surface area contributed by atoms with Crippen LogP contribution in [0.1, 0.15) is 44.9 Å². The molecule has 2 rings (SSSR count). The molecule has 1 saturated carbocycles. The van der Waals surface area contributed by atoms with Gasteiger partial charge in [-0.2, -0.15) is 0 Å². The highest BCUT2D eigenvalue weighted by Crippen LogP contribution is 2.39. The number of carbonyl (C=O) groups is 2. The molecule has 8 heteroatoms. The van der Waals surface area contributed by atoms with Crippen molar-refractivity contribution in [2.75, 3.05) is 33.2 Å². The first-order valence-electron chi connectivity index (χ1n) is 9.71. The van der Waals surface area contributed by atoms with Crippen LogP contribution in [0.25, 0.3) is 0 Å². The third kappa shape index (κ3) is 6.51. The van der Waals surface area contributed by atoms with E-state index in [0.717, 1.165) is 12.8 Å². The standard InChI is InChI=1S/C20H31N3O5/c1-26-16-12-15(13-17(27-2)19(16)28-3)22-18(24)10-7-11-21-20(25)23-14-8-5-4-6-9-14/h12-14H,4-11H2,1-3H3,(H,22,24)(H2,21,23,25). The molecule has 1 aromatic rings. The van der Waals surface area contributed by atoms with Gasteiger partial charge in [0.05, 0.1) is 21.3 Å². The lowest BCUT2D eigenvalue weighted by atomic mass is 9.96. The maximum absolute atomic E-state index is 12.2. The highest BCUT2D eigenvalue weighted by Gasteiger charge is 2.16. The number of methoxy groups -OCH3 is 3. The number of nitrogens with one attached hydrogen (secondary N) is 3. The van der Waals surface area contributed by atoms with E-state index in [1.54, 1.807) is 12.1 Å². The van der Waals surface area contributed by atoms with Gasteiger partial charge >= 0.3 is 6.03 Å². The zero-order chi connectivity index (χ0) is 20.4. The average Bonchev–Trinajstić information content (AvgIpc) is 2.71. The predicted octanol–water partition coefficient (Wildman–Crippen LogP) is 3.06. The molecule has 8 nitrogen and oxygen atoms in total. The minimum Gasteiger partial charge on any atom is -0.493 e. The van der Waals surface area contributed by atoms with Crippen molar-refractivity contribution >= 4 is 17.6 Å². The van der Waals surface area contributed by atoms with Gasteiger partial charge in [-0.15, -0.1) is 0 Å². The molecule has 3 N–H and O–H groups in total. The summed E-state index contributed by atoms with van der Waals surface area (Å²) in [5.74, 6) is 1.26. The first kappa shape index (κ1) is 21.7. The van der Waals surface area contributed by atoms with Crippen molar-refractivity contribution < 1.29 is 23.8 Å². The Bertz CT molecular complexity index is 634. The fourth-order valence-electron chi connectivity index (χ4n) is 3.31. The summed E-state index contributed by atoms with van der Waals surface area (Å²) in [5.41, 5.74) is 0.558. The lowest BCUT2D eigenvalue weighted by molar-refractivity contribution is -0.116. The van der Waals surface area contributed by atoms with Gasteiger partial charge < -0.3 is 30.2 Å². The smallest absolute Gasteiger partial charge is 0.315 e. The molecule has 0 spiro atoms. The average molecular weight is 393 g/mol. The normalized spacial score (nSPS) is 14.1. The van der Waals surface area contributed by atoms with Crippen LogP contribution in [0, 0.1) is 0 Å². The minimum absolute atomic E-state index is 0.149. The fourth-order valence-corrected chi connectivity index (χ4v) is 3.31. The van der Waals surface area contributed by atoms with E-state index in [4.69, 9.17) is 14.2 Å². The van der Waals surface area contributed by atoms with Crippen LogP contribution < -0.4 is 30.2 Å². The van der Waals surface area contributed by atoms with Gasteiger partial charge in [0.15, 0.2) is 11.5 Å². The number of anilines is 1. The number of carbonyl (C=O) groups excluding carboxylic acids is 2. The number of hydrogen-bond donors (Lipinski definition) is 3. The summed E-state index contributed by atoms with van der Waals surface area (Å²) in [7, 11) is 4.57. The van der Waals surface area contributed by atoms with E-state index >= 15 is 0 Å². The van der Waals surface area contributed by atoms with Gasteiger partial charge in [-0.3, -0.25) is 4.79 Å². The quantitative estimate of drug-likeness (QED) is 0.560. The zero-order valence-electron chi connectivity index (χ0n) is 16.9. The highest BCUT2D eigenvalue weighted by molar-refractivity contribution is 5.91. The molecular weight excluding hydrogens is 362 g/mol. The number of hydrogen-bond acceptors (Lipinski definition) is 5. The first-order valence-corrected chi connectivity index (χ1v) is 9.71. The largest absolute Gasteiger partial charge is 0.493 e. The molecule has 0 bridgehead atoms. The Balaban J connectivity index is 1.74. The van der Waals surface area contributed by atoms with Gasteiger partial charge in [0.2, 0.25) is 11.7 Å². The van der Waals surface area contributed by atoms with E-state index in [-0.39, 0.29) is 18.0 Å². The van der Waals surface area contributed by atoms with Gasteiger partial charge in [-0.05, 0) is 19.3 Å². The van der Waals surface area contributed by atoms with Crippen molar-refractivity contribution in [3.8, 4) is 17.2 Å². The molecule has 156 valence electrons. The van der Waals surface area contributed by atoms with E-state index in [0.29, 0.717) is 42.3 Å². The first-order chi connectivity index (χ1) is 13.6. The molecule has 1 aliphatic rings. The topological polar surface area (TPSA) is 97.9 Å². The fraction of sp³-hybridized carbons (Fsp3) is 0.600. The van der Waals surface area contributed by atoms with E-state index in [1.165, 1.54) is 40.6 Å². The Kier molecular flexibility index (Phi) is 8.71. The molecule has 0 aromatic heterocycles. The Morgan fingerprint density at radius 1 is 1.00 bits per heavy atom. The third-order valence-corrected chi connectivity index (χ3v) is 4.76. The van der Waals surface area contributed by atoms with Crippen LogP contribution in [0.5, 0.6) is 17.2 Å². The highest BCUT2D eigenvalue weighted by atomic mass is 16.5. The molecule has 1 aromatic carbocycles. The predicted molar refractivity (Wildman–Crippen MR) is 107 cm³/mol. The van der Waals surface area contributed by atoms with Crippen LogP contribution in [0.3, 0.4) is 0 Å². The van der Waals surface area contributed by atoms with Crippen LogP contribution >= 0.6 is 0 Å². The second-order valence-corrected chi connectivity index (χ2v) is 6.80. The molecule has 0 heterocycles. The monoisotopic (exact) mass is 393 g/mol. The molecule has 3 amide bonds. The van der Waals surface area contributed by atoms with Gasteiger partial charge in [0.1, 0.15) is 0 Å². The Labute approximate surface area is 166 Å². The summed E-state index contributed by atoms with van der Waals surface area (Å²) in [6.07, 6.45) is 6.53. The molecule has 0 saturated heterocycles. The molecule has 0 atom stereocenters. The van der Waals surface area contributed by atoms with Crippen molar-refractivity contribution in [2.24, 2.45) is 0 Å². The summed E-state index contributed by atoms with van der Waals surface area (Å²) in [6.45, 7) is 0.446. The van der Waals surface area contributed by atoms with Crippen LogP contribution in [0.2, 0.25) is 0 Å². The summed E-state index contributed by atoms with van der Waals surface area (Å²) >= 11 is 0. The van der Waals surface area contributed by atoms with Gasteiger partial charge in [0, 0.05) is 36.8 Å². The molecular formula is C20H31N3O5. The van der Waals surface area contributed by atoms with Crippen molar-refractivity contribution in [3.63, 3.8) is 0 Å². The summed E-state index contributed by atoms with van der Waals surface area (Å²) in [6, 6.07) is 3.47. The van der Waals surface area contributed by atoms with Gasteiger partial charge in [-0.1, -0.05) is 19.3 Å². The van der Waals surface area contributed by atoms with Crippen LogP contribution in [0.4, 0.5) is 10.5 Å². The molecule has 0 aliphatic heterocycles. The molecule has 28 heavy (non-hydrogen) atoms. The lowest BCUT2D eigenvalue weighted by Gasteiger charge is -2.22.